The van der Waals surface area contributed by atoms with Crippen molar-refractivity contribution >= 4 is 9.12 Å². The molecule has 0 spiro atoms. The molecule has 0 aliphatic rings. The van der Waals surface area contributed by atoms with Crippen LogP contribution in [0.5, 0.6) is 5.75 Å². The summed E-state index contributed by atoms with van der Waals surface area (Å²) < 4.78 is 0. The van der Waals surface area contributed by atoms with Gasteiger partial charge in [0, 0.05) is 9.12 Å². The van der Waals surface area contributed by atoms with Crippen LogP contribution in [0.25, 0.3) is 0 Å². The van der Waals surface area contributed by atoms with Crippen LogP contribution in [0.1, 0.15) is 0 Å². The van der Waals surface area contributed by atoms with Crippen LogP contribution < -0.4 is 0 Å². The van der Waals surface area contributed by atoms with E-state index >= 15 is 0 Å². The van der Waals surface area contributed by atoms with Crippen LogP contribution in [0.3, 0.4) is 0 Å². The average molecular weight is 110 g/mol. The van der Waals surface area contributed by atoms with Gasteiger partial charge in [-0.25, -0.2) is 0 Å². The van der Waals surface area contributed by atoms with Gasteiger partial charge < -0.3 is 5.11 Å². The number of hydrogen-bond acceptors (Lipinski definition) is 1. The van der Waals surface area contributed by atoms with Crippen molar-refractivity contribution in [3.05, 3.63) is 23.5 Å². The quantitative estimate of drug-likeness (QED) is 0.481. The SMILES string of the molecule is Oc1ccc[siH]c1. The summed E-state index contributed by atoms with van der Waals surface area (Å²) in [6.45, 7) is 0. The maximum Gasteiger partial charge on any atom is 0.111 e. The van der Waals surface area contributed by atoms with Crippen LogP contribution in [-0.4, -0.2) is 14.2 Å². The summed E-state index contributed by atoms with van der Waals surface area (Å²) in [6, 6.07) is 3.57. The average Bonchev–Trinajstić information content (AvgIpc) is 1.69. The monoisotopic (exact) mass is 110 g/mol. The van der Waals surface area contributed by atoms with E-state index in [1.807, 2.05) is 11.7 Å². The van der Waals surface area contributed by atoms with E-state index in [9.17, 15) is 0 Å². The van der Waals surface area contributed by atoms with E-state index in [4.69, 9.17) is 5.11 Å². The maximum absolute atomic E-state index is 8.68. The van der Waals surface area contributed by atoms with E-state index in [-0.39, 0.29) is 9.12 Å². The van der Waals surface area contributed by atoms with Crippen molar-refractivity contribution in [2.75, 3.05) is 0 Å². The van der Waals surface area contributed by atoms with Gasteiger partial charge in [-0.15, -0.1) is 0 Å². The van der Waals surface area contributed by atoms with Gasteiger partial charge >= 0.3 is 0 Å². The molecule has 0 bridgehead atoms. The molecule has 1 aromatic rings. The van der Waals surface area contributed by atoms with Crippen molar-refractivity contribution in [2.24, 2.45) is 0 Å². The van der Waals surface area contributed by atoms with Crippen LogP contribution in [0.4, 0.5) is 0 Å². The predicted octanol–water partition coefficient (Wildman–Crippen LogP) is 0.463. The molecule has 0 amide bonds. The minimum absolute atomic E-state index is 0.248. The summed E-state index contributed by atoms with van der Waals surface area (Å²) in [4.78, 5) is 0. The number of aromatic hydroxyl groups is 1. The Balaban J connectivity index is 3.02. The molecule has 0 unspecified atom stereocenters. The zero-order chi connectivity index (χ0) is 5.11. The van der Waals surface area contributed by atoms with Gasteiger partial charge in [0.05, 0.1) is 0 Å². The Kier molecular flexibility index (Phi) is 1.22. The third-order valence-electron chi connectivity index (χ3n) is 0.756. The lowest BCUT2D eigenvalue weighted by Gasteiger charge is -1.82. The van der Waals surface area contributed by atoms with E-state index in [2.05, 4.69) is 5.68 Å². The van der Waals surface area contributed by atoms with Crippen LogP contribution in [0.15, 0.2) is 23.5 Å². The molecule has 0 aliphatic carbocycles. The smallest absolute Gasteiger partial charge is 0.111 e. The fourth-order valence-electron chi connectivity index (χ4n) is 0.428. The summed E-state index contributed by atoms with van der Waals surface area (Å²) in [7, 11) is 0.248. The number of hydrogen-bond donors (Lipinski definition) is 1. The van der Waals surface area contributed by atoms with Crippen molar-refractivity contribution in [2.45, 2.75) is 0 Å². The molecular weight excluding hydrogens is 104 g/mol. The largest absolute Gasteiger partial charge is 0.508 e. The summed E-state index contributed by atoms with van der Waals surface area (Å²) >= 11 is 0. The Hall–Kier alpha value is -0.633. The topological polar surface area (TPSA) is 20.2 Å². The molecule has 0 fully saturated rings. The molecule has 0 aliphatic heterocycles. The van der Waals surface area contributed by atoms with Gasteiger partial charge in [-0.05, 0) is 11.7 Å². The van der Waals surface area contributed by atoms with Crippen molar-refractivity contribution in [1.82, 2.24) is 0 Å². The molecule has 36 valence electrons. The first-order valence-electron chi connectivity index (χ1n) is 2.13. The zero-order valence-corrected chi connectivity index (χ0v) is 4.99. The fraction of sp³-hybridized carbons (Fsp3) is 0. The molecule has 0 aromatic carbocycles. The molecule has 1 heterocycles. The van der Waals surface area contributed by atoms with E-state index in [0.717, 1.165) is 0 Å². The predicted molar refractivity (Wildman–Crippen MR) is 30.8 cm³/mol. The van der Waals surface area contributed by atoms with Gasteiger partial charge in [0.15, 0.2) is 0 Å². The van der Waals surface area contributed by atoms with Crippen LogP contribution in [0, 0.1) is 0 Å². The first kappa shape index (κ1) is 4.52. The van der Waals surface area contributed by atoms with Crippen LogP contribution in [0.2, 0.25) is 0 Å². The van der Waals surface area contributed by atoms with E-state index in [1.54, 1.807) is 6.07 Å². The Morgan fingerprint density at radius 3 is 2.71 bits per heavy atom. The summed E-state index contributed by atoms with van der Waals surface area (Å²) in [6.07, 6.45) is 0. The maximum atomic E-state index is 8.68. The van der Waals surface area contributed by atoms with Gasteiger partial charge in [-0.2, -0.15) is 0 Å². The molecule has 2 heteroatoms. The molecule has 0 saturated heterocycles. The minimum atomic E-state index is 0.248. The Bertz CT molecular complexity index is 138. The molecular formula is C5H6OSi. The lowest BCUT2D eigenvalue weighted by Crippen LogP contribution is -1.65. The van der Waals surface area contributed by atoms with Gasteiger partial charge in [-0.3, -0.25) is 0 Å². The van der Waals surface area contributed by atoms with Crippen molar-refractivity contribution in [1.29, 1.82) is 0 Å². The van der Waals surface area contributed by atoms with Gasteiger partial charge in [0.2, 0.25) is 0 Å². The van der Waals surface area contributed by atoms with Gasteiger partial charge in [0.1, 0.15) is 5.75 Å². The second-order valence-corrected chi connectivity index (χ2v) is 2.44. The zero-order valence-electron chi connectivity index (χ0n) is 3.83. The molecule has 1 N–H and O–H groups in total. The molecule has 7 heavy (non-hydrogen) atoms. The molecule has 1 rings (SSSR count). The highest BCUT2D eigenvalue weighted by Gasteiger charge is 1.75. The molecule has 0 atom stereocenters. The first-order valence-corrected chi connectivity index (χ1v) is 3.47. The summed E-state index contributed by atoms with van der Waals surface area (Å²) in [5, 5.41) is 8.68. The van der Waals surface area contributed by atoms with Gasteiger partial charge in [0.25, 0.3) is 0 Å². The third kappa shape index (κ3) is 1.12. The Morgan fingerprint density at radius 2 is 2.43 bits per heavy atom. The first-order chi connectivity index (χ1) is 3.39. The molecule has 1 aromatic heterocycles. The number of rotatable bonds is 0. The molecule has 0 saturated carbocycles. The standard InChI is InChI=1S/C5H6OSi/c6-5-2-1-3-7-4-5/h1-4,6-7H. The third-order valence-corrected chi connectivity index (χ3v) is 1.73. The van der Waals surface area contributed by atoms with Crippen LogP contribution >= 0.6 is 0 Å². The second kappa shape index (κ2) is 1.89. The molecule has 1 nitrogen and oxygen atoms in total. The highest BCUT2D eigenvalue weighted by molar-refractivity contribution is 6.27. The van der Waals surface area contributed by atoms with Crippen molar-refractivity contribution < 1.29 is 5.11 Å². The fourth-order valence-corrected chi connectivity index (χ4v) is 1.09. The lowest BCUT2D eigenvalue weighted by molar-refractivity contribution is 0.477. The van der Waals surface area contributed by atoms with E-state index in [0.29, 0.717) is 5.75 Å². The van der Waals surface area contributed by atoms with E-state index in [1.165, 1.54) is 0 Å². The van der Waals surface area contributed by atoms with Gasteiger partial charge in [-0.1, -0.05) is 11.7 Å². The Labute approximate surface area is 44.4 Å². The summed E-state index contributed by atoms with van der Waals surface area (Å²) in [5.41, 5.74) is 3.92. The highest BCUT2D eigenvalue weighted by Crippen LogP contribution is 1.99. The normalized spacial score (nSPS) is 8.57. The van der Waals surface area contributed by atoms with Crippen LogP contribution in [-0.2, 0) is 0 Å². The van der Waals surface area contributed by atoms with E-state index < -0.39 is 0 Å². The Morgan fingerprint density at radius 1 is 1.57 bits per heavy atom. The lowest BCUT2D eigenvalue weighted by atomic mass is 10.5. The summed E-state index contributed by atoms with van der Waals surface area (Å²) in [5.74, 6) is 0.414. The molecule has 0 radical (unpaired) electrons. The second-order valence-electron chi connectivity index (χ2n) is 1.34. The van der Waals surface area contributed by atoms with Crippen molar-refractivity contribution in [3.63, 3.8) is 0 Å². The van der Waals surface area contributed by atoms with Crippen molar-refractivity contribution in [3.8, 4) is 5.75 Å². The highest BCUT2D eigenvalue weighted by atomic mass is 28.2. The minimum Gasteiger partial charge on any atom is -0.508 e.